The zero-order chi connectivity index (χ0) is 20.9. The Morgan fingerprint density at radius 2 is 1.97 bits per heavy atom. The lowest BCUT2D eigenvalue weighted by atomic mass is 9.96. The number of pyridine rings is 1. The van der Waals surface area contributed by atoms with Crippen LogP contribution in [0.25, 0.3) is 0 Å². The second kappa shape index (κ2) is 9.55. The molecule has 3 heterocycles. The molecular formula is C20H27N7O2S. The first-order chi connectivity index (χ1) is 14.6. The van der Waals surface area contributed by atoms with Crippen molar-refractivity contribution < 1.29 is 9.59 Å². The Balaban J connectivity index is 1.24. The molecule has 0 unspecified atom stereocenters. The Bertz CT molecular complexity index is 889. The van der Waals surface area contributed by atoms with Crippen molar-refractivity contribution in [1.82, 2.24) is 30.1 Å². The van der Waals surface area contributed by atoms with E-state index in [9.17, 15) is 9.59 Å². The van der Waals surface area contributed by atoms with Gasteiger partial charge in [-0.3, -0.25) is 9.59 Å². The van der Waals surface area contributed by atoms with E-state index in [0.717, 1.165) is 23.6 Å². The second-order valence-corrected chi connectivity index (χ2v) is 8.94. The molecule has 1 aliphatic heterocycles. The van der Waals surface area contributed by atoms with Gasteiger partial charge in [0.15, 0.2) is 0 Å². The van der Waals surface area contributed by atoms with Crippen LogP contribution in [0.4, 0.5) is 5.82 Å². The molecule has 1 aliphatic carbocycles. The highest BCUT2D eigenvalue weighted by Crippen LogP contribution is 2.31. The van der Waals surface area contributed by atoms with Gasteiger partial charge in [0.1, 0.15) is 5.82 Å². The molecular weight excluding hydrogens is 402 g/mol. The quantitative estimate of drug-likeness (QED) is 0.703. The number of carbonyl (C=O) groups excluding carboxylic acids is 2. The number of thioether (sulfide) groups is 1. The summed E-state index contributed by atoms with van der Waals surface area (Å²) in [7, 11) is 0. The zero-order valence-corrected chi connectivity index (χ0v) is 18.0. The largest absolute Gasteiger partial charge is 0.342 e. The van der Waals surface area contributed by atoms with E-state index in [1.807, 2.05) is 28.6 Å². The maximum absolute atomic E-state index is 12.6. The fraction of sp³-hybridized carbons (Fsp3) is 0.600. The van der Waals surface area contributed by atoms with Crippen molar-refractivity contribution in [3.63, 3.8) is 0 Å². The summed E-state index contributed by atoms with van der Waals surface area (Å²) in [4.78, 5) is 31.2. The number of nitrogens with one attached hydrogen (secondary N) is 1. The molecule has 2 aromatic heterocycles. The smallest absolute Gasteiger partial charge is 0.233 e. The van der Waals surface area contributed by atoms with Gasteiger partial charge >= 0.3 is 0 Å². The summed E-state index contributed by atoms with van der Waals surface area (Å²) < 4.78 is 1.88. The summed E-state index contributed by atoms with van der Waals surface area (Å²) in [5.41, 5.74) is 1.05. The fourth-order valence-electron chi connectivity index (χ4n) is 4.10. The molecule has 2 aromatic rings. The maximum atomic E-state index is 12.6. The highest BCUT2D eigenvalue weighted by atomic mass is 32.2. The number of rotatable bonds is 6. The third kappa shape index (κ3) is 4.97. The number of aryl methyl sites for hydroxylation is 1. The number of tetrazole rings is 1. The van der Waals surface area contributed by atoms with E-state index in [1.54, 1.807) is 6.20 Å². The Kier molecular flexibility index (Phi) is 6.61. The van der Waals surface area contributed by atoms with Crippen LogP contribution in [0.2, 0.25) is 0 Å². The Morgan fingerprint density at radius 3 is 2.70 bits per heavy atom. The van der Waals surface area contributed by atoms with Crippen LogP contribution >= 0.6 is 11.8 Å². The molecule has 2 fully saturated rings. The summed E-state index contributed by atoms with van der Waals surface area (Å²) >= 11 is 1.40. The average molecular weight is 430 g/mol. The minimum Gasteiger partial charge on any atom is -0.342 e. The molecule has 30 heavy (non-hydrogen) atoms. The van der Waals surface area contributed by atoms with Crippen LogP contribution in [-0.2, 0) is 9.59 Å². The normalized spacial score (nSPS) is 18.0. The third-order valence-corrected chi connectivity index (χ3v) is 6.76. The molecule has 1 saturated carbocycles. The van der Waals surface area contributed by atoms with E-state index in [0.29, 0.717) is 43.5 Å². The monoisotopic (exact) mass is 429 g/mol. The zero-order valence-electron chi connectivity index (χ0n) is 17.2. The first-order valence-corrected chi connectivity index (χ1v) is 11.5. The minimum atomic E-state index is -0.0984. The third-order valence-electron chi connectivity index (χ3n) is 5.84. The first-order valence-electron chi connectivity index (χ1n) is 10.5. The van der Waals surface area contributed by atoms with Crippen molar-refractivity contribution in [3.8, 4) is 0 Å². The number of amides is 2. The molecule has 2 amide bonds. The number of carbonyl (C=O) groups is 2. The second-order valence-electron chi connectivity index (χ2n) is 8.00. The first kappa shape index (κ1) is 20.8. The minimum absolute atomic E-state index is 0.0229. The molecule has 2 aliphatic rings. The highest BCUT2D eigenvalue weighted by Gasteiger charge is 2.28. The Labute approximate surface area is 180 Å². The van der Waals surface area contributed by atoms with E-state index in [4.69, 9.17) is 0 Å². The van der Waals surface area contributed by atoms with Crippen LogP contribution in [0.3, 0.4) is 0 Å². The number of hydrogen-bond acceptors (Lipinski definition) is 7. The van der Waals surface area contributed by atoms with E-state index >= 15 is 0 Å². The molecule has 1 saturated heterocycles. The summed E-state index contributed by atoms with van der Waals surface area (Å²) in [5.74, 6) is 0.844. The van der Waals surface area contributed by atoms with Gasteiger partial charge in [0.25, 0.3) is 0 Å². The molecule has 1 N–H and O–H groups in total. The average Bonchev–Trinajstić information content (AvgIpc) is 3.43. The fourth-order valence-corrected chi connectivity index (χ4v) is 4.95. The lowest BCUT2D eigenvalue weighted by molar-refractivity contribution is -0.132. The predicted molar refractivity (Wildman–Crippen MR) is 113 cm³/mol. The molecule has 0 bridgehead atoms. The number of piperidine rings is 1. The van der Waals surface area contributed by atoms with Gasteiger partial charge in [-0.2, -0.15) is 0 Å². The van der Waals surface area contributed by atoms with Crippen LogP contribution < -0.4 is 5.32 Å². The van der Waals surface area contributed by atoms with Crippen molar-refractivity contribution in [2.75, 3.05) is 24.2 Å². The van der Waals surface area contributed by atoms with Gasteiger partial charge < -0.3 is 10.2 Å². The number of anilines is 1. The van der Waals surface area contributed by atoms with Crippen LogP contribution in [-0.4, -0.2) is 60.7 Å². The summed E-state index contributed by atoms with van der Waals surface area (Å²) in [5, 5.41) is 15.6. The van der Waals surface area contributed by atoms with Crippen molar-refractivity contribution in [2.24, 2.45) is 5.92 Å². The van der Waals surface area contributed by atoms with Crippen LogP contribution in [0.15, 0.2) is 23.5 Å². The molecule has 160 valence electrons. The lowest BCUT2D eigenvalue weighted by Crippen LogP contribution is -2.42. The molecule has 0 radical (unpaired) electrons. The van der Waals surface area contributed by atoms with E-state index in [1.165, 1.54) is 24.6 Å². The number of aromatic nitrogens is 5. The summed E-state index contributed by atoms with van der Waals surface area (Å²) in [6.07, 6.45) is 7.61. The van der Waals surface area contributed by atoms with E-state index < -0.39 is 0 Å². The van der Waals surface area contributed by atoms with Gasteiger partial charge in [0.2, 0.25) is 17.0 Å². The molecule has 4 rings (SSSR count). The highest BCUT2D eigenvalue weighted by molar-refractivity contribution is 7.99. The number of nitrogens with zero attached hydrogens (tertiary/aromatic N) is 6. The van der Waals surface area contributed by atoms with Crippen molar-refractivity contribution >= 4 is 29.4 Å². The maximum Gasteiger partial charge on any atom is 0.233 e. The van der Waals surface area contributed by atoms with Gasteiger partial charge in [-0.05, 0) is 60.7 Å². The van der Waals surface area contributed by atoms with Crippen molar-refractivity contribution in [2.45, 2.75) is 56.6 Å². The van der Waals surface area contributed by atoms with Gasteiger partial charge in [-0.25, -0.2) is 9.67 Å². The van der Waals surface area contributed by atoms with Crippen LogP contribution in [0.1, 0.15) is 50.1 Å². The number of likely N-dealkylation sites (tertiary alicyclic amines) is 1. The van der Waals surface area contributed by atoms with Gasteiger partial charge in [0.05, 0.1) is 11.8 Å². The van der Waals surface area contributed by atoms with Crippen LogP contribution in [0.5, 0.6) is 0 Å². The van der Waals surface area contributed by atoms with Gasteiger partial charge in [0, 0.05) is 25.2 Å². The van der Waals surface area contributed by atoms with Gasteiger partial charge in [-0.1, -0.05) is 24.6 Å². The van der Waals surface area contributed by atoms with Crippen molar-refractivity contribution in [3.05, 3.63) is 23.9 Å². The predicted octanol–water partition coefficient (Wildman–Crippen LogP) is 2.46. The van der Waals surface area contributed by atoms with E-state index in [2.05, 4.69) is 25.8 Å². The molecule has 0 spiro atoms. The number of hydrogen-bond donors (Lipinski definition) is 1. The molecule has 0 aromatic carbocycles. The standard InChI is InChI=1S/C20H27N7O2S/c1-14-6-9-21-17(12-14)22-19(29)15-7-10-26(11-8-15)18(28)13-30-20-23-24-25-27(20)16-4-2-3-5-16/h6,9,12,15-16H,2-5,7-8,10-11,13H2,1H3,(H,21,22,29). The molecule has 0 atom stereocenters. The Hall–Kier alpha value is -2.49. The van der Waals surface area contributed by atoms with Crippen LogP contribution in [0, 0.1) is 12.8 Å². The van der Waals surface area contributed by atoms with Gasteiger partial charge in [-0.15, -0.1) is 5.10 Å². The van der Waals surface area contributed by atoms with E-state index in [-0.39, 0.29) is 17.7 Å². The molecule has 10 heteroatoms. The lowest BCUT2D eigenvalue weighted by Gasteiger charge is -2.31. The summed E-state index contributed by atoms with van der Waals surface area (Å²) in [6.45, 7) is 3.14. The SMILES string of the molecule is Cc1ccnc(NC(=O)C2CCN(C(=O)CSc3nnnn3C3CCCC3)CC2)c1. The topological polar surface area (TPSA) is 106 Å². The molecule has 9 nitrogen and oxygen atoms in total. The van der Waals surface area contributed by atoms with Crippen molar-refractivity contribution in [1.29, 1.82) is 0 Å². The Morgan fingerprint density at radius 1 is 1.20 bits per heavy atom. The summed E-state index contributed by atoms with van der Waals surface area (Å²) in [6, 6.07) is 4.10.